The van der Waals surface area contributed by atoms with Crippen LogP contribution in [0.25, 0.3) is 0 Å². The summed E-state index contributed by atoms with van der Waals surface area (Å²) in [5, 5.41) is 8.72. The Morgan fingerprint density at radius 1 is 1.69 bits per heavy atom. The second kappa shape index (κ2) is 3.49. The lowest BCUT2D eigenvalue weighted by Crippen LogP contribution is -2.14. The molecule has 0 saturated carbocycles. The Kier molecular flexibility index (Phi) is 2.74. The first-order chi connectivity index (χ1) is 5.95. The van der Waals surface area contributed by atoms with E-state index in [1.54, 1.807) is 6.07 Å². The fourth-order valence-corrected chi connectivity index (χ4v) is 1.52. The molecule has 1 heterocycles. The topological polar surface area (TPSA) is 85.3 Å². The van der Waals surface area contributed by atoms with E-state index >= 15 is 0 Å². The molecule has 1 atom stereocenters. The smallest absolute Gasteiger partial charge is 0.235 e. The molecular formula is C7H12N2O3S. The van der Waals surface area contributed by atoms with Gasteiger partial charge in [0.2, 0.25) is 10.0 Å². The quantitative estimate of drug-likeness (QED) is 0.681. The molecule has 3 N–H and O–H groups in total. The highest BCUT2D eigenvalue weighted by molar-refractivity contribution is 7.89. The first-order valence-corrected chi connectivity index (χ1v) is 5.55. The van der Waals surface area contributed by atoms with Gasteiger partial charge >= 0.3 is 0 Å². The fourth-order valence-electron chi connectivity index (χ4n) is 0.924. The molecule has 1 rings (SSSR count). The summed E-state index contributed by atoms with van der Waals surface area (Å²) in [6, 6.07) is 1.05. The molecule has 0 aliphatic carbocycles. The van der Waals surface area contributed by atoms with E-state index in [-0.39, 0.29) is 6.61 Å². The molecule has 0 radical (unpaired) electrons. The van der Waals surface area contributed by atoms with Crippen molar-refractivity contribution in [2.24, 2.45) is 5.73 Å². The molecule has 1 aromatic rings. The highest BCUT2D eigenvalue weighted by atomic mass is 32.2. The molecule has 0 fully saturated rings. The number of aromatic nitrogens is 1. The Labute approximate surface area is 76.8 Å². The van der Waals surface area contributed by atoms with E-state index in [0.29, 0.717) is 5.56 Å². The van der Waals surface area contributed by atoms with Crippen molar-refractivity contribution in [3.05, 3.63) is 24.0 Å². The third-order valence-corrected chi connectivity index (χ3v) is 2.69. The summed E-state index contributed by atoms with van der Waals surface area (Å²) in [5.74, 6) is 0. The van der Waals surface area contributed by atoms with Crippen LogP contribution < -0.4 is 5.73 Å². The number of aliphatic hydroxyl groups excluding tert-OH is 1. The van der Waals surface area contributed by atoms with Gasteiger partial charge in [-0.05, 0) is 11.6 Å². The van der Waals surface area contributed by atoms with Crippen LogP contribution >= 0.6 is 0 Å². The zero-order valence-electron chi connectivity index (χ0n) is 7.21. The van der Waals surface area contributed by atoms with E-state index in [2.05, 4.69) is 0 Å². The third-order valence-electron chi connectivity index (χ3n) is 1.70. The number of nitrogens with zero attached hydrogens (tertiary/aromatic N) is 1. The lowest BCUT2D eigenvalue weighted by atomic mass is 10.2. The summed E-state index contributed by atoms with van der Waals surface area (Å²) >= 11 is 0. The predicted molar refractivity (Wildman–Crippen MR) is 48.7 cm³/mol. The van der Waals surface area contributed by atoms with Gasteiger partial charge in [0.25, 0.3) is 0 Å². The molecule has 0 amide bonds. The summed E-state index contributed by atoms with van der Waals surface area (Å²) in [6.07, 6.45) is 3.90. The van der Waals surface area contributed by atoms with Crippen molar-refractivity contribution in [2.45, 2.75) is 6.04 Å². The van der Waals surface area contributed by atoms with Gasteiger partial charge in [0, 0.05) is 12.4 Å². The Hall–Kier alpha value is -0.850. The fraction of sp³-hybridized carbons (Fsp3) is 0.429. The van der Waals surface area contributed by atoms with Crippen molar-refractivity contribution < 1.29 is 13.5 Å². The monoisotopic (exact) mass is 204 g/mol. The minimum Gasteiger partial charge on any atom is -0.394 e. The zero-order valence-corrected chi connectivity index (χ0v) is 8.03. The van der Waals surface area contributed by atoms with E-state index in [1.165, 1.54) is 12.4 Å². The van der Waals surface area contributed by atoms with Crippen LogP contribution in [0.1, 0.15) is 11.6 Å². The van der Waals surface area contributed by atoms with E-state index < -0.39 is 16.1 Å². The molecule has 0 aliphatic heterocycles. The number of rotatable bonds is 3. The predicted octanol–water partition coefficient (Wildman–Crippen LogP) is -0.712. The Morgan fingerprint density at radius 2 is 2.31 bits per heavy atom. The lowest BCUT2D eigenvalue weighted by Gasteiger charge is -2.03. The highest BCUT2D eigenvalue weighted by Crippen LogP contribution is 2.10. The second-order valence-electron chi connectivity index (χ2n) is 2.83. The number of nitrogens with two attached hydrogens (primary N) is 1. The van der Waals surface area contributed by atoms with Crippen LogP contribution in [0, 0.1) is 0 Å². The van der Waals surface area contributed by atoms with Gasteiger partial charge in [0.05, 0.1) is 18.9 Å². The van der Waals surface area contributed by atoms with E-state index in [4.69, 9.17) is 10.8 Å². The molecule has 6 heteroatoms. The lowest BCUT2D eigenvalue weighted by molar-refractivity contribution is 0.268. The van der Waals surface area contributed by atoms with E-state index in [9.17, 15) is 8.42 Å². The summed E-state index contributed by atoms with van der Waals surface area (Å²) in [5.41, 5.74) is 6.10. The molecule has 0 spiro atoms. The van der Waals surface area contributed by atoms with Gasteiger partial charge in [-0.3, -0.25) is 3.97 Å². The molecule has 0 saturated heterocycles. The summed E-state index contributed by atoms with van der Waals surface area (Å²) in [6.45, 7) is -0.201. The minimum absolute atomic E-state index is 0.201. The molecule has 1 unspecified atom stereocenters. The van der Waals surface area contributed by atoms with E-state index in [1.807, 2.05) is 0 Å². The molecule has 13 heavy (non-hydrogen) atoms. The van der Waals surface area contributed by atoms with Gasteiger partial charge in [-0.25, -0.2) is 8.42 Å². The second-order valence-corrected chi connectivity index (χ2v) is 4.71. The van der Waals surface area contributed by atoms with Gasteiger partial charge in [-0.1, -0.05) is 0 Å². The van der Waals surface area contributed by atoms with Crippen LogP contribution in [0.15, 0.2) is 18.5 Å². The van der Waals surface area contributed by atoms with E-state index in [0.717, 1.165) is 10.2 Å². The van der Waals surface area contributed by atoms with Gasteiger partial charge in [-0.15, -0.1) is 0 Å². The van der Waals surface area contributed by atoms with Crippen molar-refractivity contribution in [1.82, 2.24) is 3.97 Å². The van der Waals surface area contributed by atoms with Gasteiger partial charge < -0.3 is 10.8 Å². The molecule has 0 aromatic carbocycles. The van der Waals surface area contributed by atoms with Crippen LogP contribution in [-0.2, 0) is 10.0 Å². The molecule has 5 nitrogen and oxygen atoms in total. The molecular weight excluding hydrogens is 192 g/mol. The number of aliphatic hydroxyl groups is 1. The van der Waals surface area contributed by atoms with Crippen molar-refractivity contribution in [3.63, 3.8) is 0 Å². The average Bonchev–Trinajstić information content (AvgIpc) is 2.50. The van der Waals surface area contributed by atoms with Crippen LogP contribution in [0.2, 0.25) is 0 Å². The standard InChI is InChI=1S/C7H12N2O3S/c1-13(11,12)9-3-2-6(4-9)7(8)5-10/h2-4,7,10H,5,8H2,1H3. The van der Waals surface area contributed by atoms with Crippen molar-refractivity contribution in [2.75, 3.05) is 12.9 Å². The van der Waals surface area contributed by atoms with Crippen LogP contribution in [-0.4, -0.2) is 30.4 Å². The minimum atomic E-state index is -3.24. The third kappa shape index (κ3) is 2.30. The van der Waals surface area contributed by atoms with Crippen molar-refractivity contribution in [1.29, 1.82) is 0 Å². The molecule has 1 aromatic heterocycles. The maximum Gasteiger partial charge on any atom is 0.235 e. The molecule has 0 aliphatic rings. The maximum atomic E-state index is 11.0. The first-order valence-electron chi connectivity index (χ1n) is 3.70. The Balaban J connectivity index is 3.00. The molecule has 74 valence electrons. The van der Waals surface area contributed by atoms with Gasteiger partial charge in [-0.2, -0.15) is 0 Å². The van der Waals surface area contributed by atoms with Crippen molar-refractivity contribution >= 4 is 10.0 Å². The van der Waals surface area contributed by atoms with Crippen molar-refractivity contribution in [3.8, 4) is 0 Å². The normalized spacial score (nSPS) is 14.4. The largest absolute Gasteiger partial charge is 0.394 e. The Morgan fingerprint density at radius 3 is 2.69 bits per heavy atom. The van der Waals surface area contributed by atoms with Crippen LogP contribution in [0.3, 0.4) is 0 Å². The number of hydrogen-bond acceptors (Lipinski definition) is 4. The van der Waals surface area contributed by atoms with Crippen LogP contribution in [0.5, 0.6) is 0 Å². The SMILES string of the molecule is CS(=O)(=O)n1ccc(C(N)CO)c1. The summed E-state index contributed by atoms with van der Waals surface area (Å²) < 4.78 is 23.1. The highest BCUT2D eigenvalue weighted by Gasteiger charge is 2.09. The first kappa shape index (κ1) is 10.2. The number of hydrogen-bond donors (Lipinski definition) is 2. The average molecular weight is 204 g/mol. The summed E-state index contributed by atoms with van der Waals surface area (Å²) in [7, 11) is -3.24. The zero-order chi connectivity index (χ0) is 10.1. The molecule has 0 bridgehead atoms. The van der Waals surface area contributed by atoms with Gasteiger partial charge in [0.1, 0.15) is 0 Å². The Bertz CT molecular complexity index is 382. The van der Waals surface area contributed by atoms with Crippen LogP contribution in [0.4, 0.5) is 0 Å². The summed E-state index contributed by atoms with van der Waals surface area (Å²) in [4.78, 5) is 0. The van der Waals surface area contributed by atoms with Gasteiger partial charge in [0.15, 0.2) is 0 Å². The maximum absolute atomic E-state index is 11.0.